The first-order valence-electron chi connectivity index (χ1n) is 9.39. The Kier molecular flexibility index (Phi) is 7.00. The third-order valence-electron chi connectivity index (χ3n) is 4.40. The number of hydrogen-bond donors (Lipinski definition) is 1. The van der Waals surface area contributed by atoms with Crippen LogP contribution in [-0.2, 0) is 29.1 Å². The molecular formula is C24H23NO4. The molecule has 0 aliphatic rings. The minimum atomic E-state index is -1.04. The number of benzene rings is 3. The van der Waals surface area contributed by atoms with Gasteiger partial charge >= 0.3 is 5.97 Å². The zero-order chi connectivity index (χ0) is 20.5. The van der Waals surface area contributed by atoms with Crippen LogP contribution < -0.4 is 4.74 Å². The van der Waals surface area contributed by atoms with Crippen LogP contribution in [0.4, 0.5) is 0 Å². The van der Waals surface area contributed by atoms with Gasteiger partial charge in [-0.25, -0.2) is 4.79 Å². The van der Waals surface area contributed by atoms with Gasteiger partial charge in [-0.15, -0.1) is 0 Å². The Balaban J connectivity index is 1.73. The summed E-state index contributed by atoms with van der Waals surface area (Å²) < 4.78 is 5.22. The predicted octanol–water partition coefficient (Wildman–Crippen LogP) is 3.92. The van der Waals surface area contributed by atoms with Crippen molar-refractivity contribution in [2.24, 2.45) is 0 Å². The van der Waals surface area contributed by atoms with Crippen molar-refractivity contribution in [1.82, 2.24) is 4.90 Å². The lowest BCUT2D eigenvalue weighted by molar-refractivity contribution is -0.139. The molecule has 0 spiro atoms. The van der Waals surface area contributed by atoms with E-state index < -0.39 is 12.6 Å². The van der Waals surface area contributed by atoms with Crippen molar-refractivity contribution in [3.05, 3.63) is 102 Å². The third-order valence-corrected chi connectivity index (χ3v) is 4.40. The highest BCUT2D eigenvalue weighted by Gasteiger charge is 2.16. The number of nitrogens with zero attached hydrogens (tertiary/aromatic N) is 1. The summed E-state index contributed by atoms with van der Waals surface area (Å²) in [5.74, 6) is -0.605. The molecule has 3 rings (SSSR count). The van der Waals surface area contributed by atoms with Gasteiger partial charge in [-0.1, -0.05) is 72.8 Å². The summed E-state index contributed by atoms with van der Waals surface area (Å²) in [5, 5.41) is 8.76. The van der Waals surface area contributed by atoms with Crippen molar-refractivity contribution in [3.8, 4) is 5.75 Å². The molecule has 0 aliphatic carbocycles. The Morgan fingerprint density at radius 2 is 1.31 bits per heavy atom. The van der Waals surface area contributed by atoms with Gasteiger partial charge in [-0.2, -0.15) is 0 Å². The van der Waals surface area contributed by atoms with E-state index in [4.69, 9.17) is 9.84 Å². The monoisotopic (exact) mass is 389 g/mol. The highest BCUT2D eigenvalue weighted by molar-refractivity contribution is 5.79. The first kappa shape index (κ1) is 20.1. The van der Waals surface area contributed by atoms with E-state index in [1.54, 1.807) is 18.2 Å². The molecule has 1 amide bonds. The summed E-state index contributed by atoms with van der Waals surface area (Å²) in [4.78, 5) is 25.6. The zero-order valence-corrected chi connectivity index (χ0v) is 16.0. The maximum Gasteiger partial charge on any atom is 0.341 e. The lowest BCUT2D eigenvalue weighted by Crippen LogP contribution is -2.31. The molecule has 0 unspecified atom stereocenters. The number of hydrogen-bond acceptors (Lipinski definition) is 3. The summed E-state index contributed by atoms with van der Waals surface area (Å²) in [6.07, 6.45) is 0.212. The first-order chi connectivity index (χ1) is 14.1. The Morgan fingerprint density at radius 1 is 0.759 bits per heavy atom. The highest BCUT2D eigenvalue weighted by atomic mass is 16.5. The SMILES string of the molecule is O=C(O)COc1cccc(CC(=O)N(Cc2ccccc2)Cc2ccccc2)c1. The molecule has 0 saturated carbocycles. The van der Waals surface area contributed by atoms with Crippen molar-refractivity contribution in [1.29, 1.82) is 0 Å². The largest absolute Gasteiger partial charge is 0.482 e. The molecule has 3 aromatic rings. The topological polar surface area (TPSA) is 66.8 Å². The van der Waals surface area contributed by atoms with E-state index in [2.05, 4.69) is 0 Å². The Bertz CT molecular complexity index is 900. The molecule has 0 saturated heterocycles. The van der Waals surface area contributed by atoms with E-state index in [0.717, 1.165) is 16.7 Å². The smallest absolute Gasteiger partial charge is 0.341 e. The number of carbonyl (C=O) groups excluding carboxylic acids is 1. The van der Waals surface area contributed by atoms with Crippen LogP contribution in [0.25, 0.3) is 0 Å². The van der Waals surface area contributed by atoms with Gasteiger partial charge in [0, 0.05) is 13.1 Å². The number of aliphatic carboxylic acids is 1. The second kappa shape index (κ2) is 10.1. The molecule has 0 bridgehead atoms. The summed E-state index contributed by atoms with van der Waals surface area (Å²) in [6.45, 7) is 0.624. The number of ether oxygens (including phenoxy) is 1. The molecular weight excluding hydrogens is 366 g/mol. The molecule has 0 radical (unpaired) electrons. The summed E-state index contributed by atoms with van der Waals surface area (Å²) >= 11 is 0. The lowest BCUT2D eigenvalue weighted by Gasteiger charge is -2.23. The normalized spacial score (nSPS) is 10.3. The number of carboxylic acid groups (broad SMARTS) is 1. The summed E-state index contributed by atoms with van der Waals surface area (Å²) in [5.41, 5.74) is 2.91. The fourth-order valence-corrected chi connectivity index (χ4v) is 3.02. The standard InChI is InChI=1S/C24H23NO4/c26-23(15-21-12-7-13-22(14-21)29-18-24(27)28)25(16-19-8-3-1-4-9-19)17-20-10-5-2-6-11-20/h1-14H,15-18H2,(H,27,28). The highest BCUT2D eigenvalue weighted by Crippen LogP contribution is 2.17. The molecule has 0 heterocycles. The molecule has 3 aromatic carbocycles. The Labute approximate surface area is 170 Å². The zero-order valence-electron chi connectivity index (χ0n) is 16.0. The molecule has 29 heavy (non-hydrogen) atoms. The van der Waals surface area contributed by atoms with Gasteiger partial charge in [0.2, 0.25) is 5.91 Å². The molecule has 148 valence electrons. The minimum absolute atomic E-state index is 0.00640. The molecule has 0 atom stereocenters. The number of amides is 1. The van der Waals surface area contributed by atoms with Crippen LogP contribution in [0.3, 0.4) is 0 Å². The first-order valence-corrected chi connectivity index (χ1v) is 9.39. The quantitative estimate of drug-likeness (QED) is 0.602. The van der Waals surface area contributed by atoms with E-state index in [0.29, 0.717) is 18.8 Å². The molecule has 0 fully saturated rings. The van der Waals surface area contributed by atoms with Crippen molar-refractivity contribution in [2.45, 2.75) is 19.5 Å². The van der Waals surface area contributed by atoms with Gasteiger partial charge in [0.25, 0.3) is 0 Å². The van der Waals surface area contributed by atoms with Crippen molar-refractivity contribution < 1.29 is 19.4 Å². The van der Waals surface area contributed by atoms with Gasteiger partial charge in [-0.05, 0) is 28.8 Å². The molecule has 0 aliphatic heterocycles. The molecule has 0 aromatic heterocycles. The van der Waals surface area contributed by atoms with E-state index in [9.17, 15) is 9.59 Å². The van der Waals surface area contributed by atoms with Crippen LogP contribution in [-0.4, -0.2) is 28.5 Å². The van der Waals surface area contributed by atoms with Crippen LogP contribution in [0.1, 0.15) is 16.7 Å². The fourth-order valence-electron chi connectivity index (χ4n) is 3.02. The maximum absolute atomic E-state index is 13.1. The minimum Gasteiger partial charge on any atom is -0.482 e. The van der Waals surface area contributed by atoms with Crippen LogP contribution in [0.15, 0.2) is 84.9 Å². The molecule has 1 N–H and O–H groups in total. The van der Waals surface area contributed by atoms with Gasteiger partial charge in [0.05, 0.1) is 6.42 Å². The predicted molar refractivity (Wildman–Crippen MR) is 110 cm³/mol. The van der Waals surface area contributed by atoms with E-state index in [-0.39, 0.29) is 12.3 Å². The number of carboxylic acids is 1. The van der Waals surface area contributed by atoms with Crippen molar-refractivity contribution >= 4 is 11.9 Å². The lowest BCUT2D eigenvalue weighted by atomic mass is 10.1. The second-order valence-electron chi connectivity index (χ2n) is 6.73. The van der Waals surface area contributed by atoms with Crippen LogP contribution in [0, 0.1) is 0 Å². The maximum atomic E-state index is 13.1. The third kappa shape index (κ3) is 6.50. The van der Waals surface area contributed by atoms with Gasteiger partial charge in [0.15, 0.2) is 6.61 Å². The molecule has 5 nitrogen and oxygen atoms in total. The van der Waals surface area contributed by atoms with Gasteiger partial charge in [-0.3, -0.25) is 4.79 Å². The van der Waals surface area contributed by atoms with Gasteiger partial charge < -0.3 is 14.7 Å². The van der Waals surface area contributed by atoms with Crippen LogP contribution in [0.2, 0.25) is 0 Å². The fraction of sp³-hybridized carbons (Fsp3) is 0.167. The average molecular weight is 389 g/mol. The van der Waals surface area contributed by atoms with Crippen LogP contribution >= 0.6 is 0 Å². The Morgan fingerprint density at radius 3 is 1.86 bits per heavy atom. The van der Waals surface area contributed by atoms with Crippen LogP contribution in [0.5, 0.6) is 5.75 Å². The van der Waals surface area contributed by atoms with Gasteiger partial charge in [0.1, 0.15) is 5.75 Å². The van der Waals surface area contributed by atoms with Crippen molar-refractivity contribution in [3.63, 3.8) is 0 Å². The van der Waals surface area contributed by atoms with Crippen molar-refractivity contribution in [2.75, 3.05) is 6.61 Å². The van der Waals surface area contributed by atoms with E-state index in [1.165, 1.54) is 0 Å². The summed E-state index contributed by atoms with van der Waals surface area (Å²) in [7, 11) is 0. The molecule has 5 heteroatoms. The number of rotatable bonds is 9. The number of carbonyl (C=O) groups is 2. The van der Waals surface area contributed by atoms with E-state index >= 15 is 0 Å². The average Bonchev–Trinajstić information content (AvgIpc) is 2.73. The Hall–Kier alpha value is -3.60. The summed E-state index contributed by atoms with van der Waals surface area (Å²) in [6, 6.07) is 26.8. The van der Waals surface area contributed by atoms with E-state index in [1.807, 2.05) is 71.6 Å². The second-order valence-corrected chi connectivity index (χ2v) is 6.73.